The number of rotatable bonds is 4. The maximum Gasteiger partial charge on any atom is 0.0389 e. The average molecular weight is 227 g/mol. The number of nitrogens with one attached hydrogen (secondary N) is 1. The lowest BCUT2D eigenvalue weighted by molar-refractivity contribution is 0.695. The summed E-state index contributed by atoms with van der Waals surface area (Å²) in [5, 5.41) is 4.97. The molecule has 1 N–H and O–H groups in total. The molecule has 2 rings (SSSR count). The fraction of sp³-hybridized carbons (Fsp3) is 0.143. The first-order valence-electron chi connectivity index (χ1n) is 5.65. The largest absolute Gasteiger partial charge is 0.309 e. The van der Waals surface area contributed by atoms with E-state index in [4.69, 9.17) is 0 Å². The Bertz CT molecular complexity index is 439. The summed E-state index contributed by atoms with van der Waals surface area (Å²) in [4.78, 5) is 0. The second kappa shape index (κ2) is 5.63. The van der Waals surface area contributed by atoms with Crippen LogP contribution in [0.3, 0.4) is 0 Å². The van der Waals surface area contributed by atoms with Crippen molar-refractivity contribution in [1.82, 2.24) is 5.32 Å². The van der Waals surface area contributed by atoms with E-state index in [1.165, 1.54) is 16.3 Å². The predicted molar refractivity (Wildman–Crippen MR) is 73.0 cm³/mol. The second-order valence-corrected chi connectivity index (χ2v) is 5.09. The van der Waals surface area contributed by atoms with E-state index >= 15 is 0 Å². The maximum absolute atomic E-state index is 3.48. The fourth-order valence-corrected chi connectivity index (χ4v) is 2.28. The van der Waals surface area contributed by atoms with E-state index in [1.54, 1.807) is 0 Å². The molecule has 2 aromatic carbocycles. The van der Waals surface area contributed by atoms with Crippen molar-refractivity contribution < 1.29 is 0 Å². The molecule has 2 heteroatoms. The summed E-state index contributed by atoms with van der Waals surface area (Å²) in [5.41, 5.74) is 2.78. The molecule has 2 aromatic rings. The third-order valence-corrected chi connectivity index (χ3v) is 3.72. The van der Waals surface area contributed by atoms with Crippen LogP contribution >= 0.6 is 0 Å². The third kappa shape index (κ3) is 3.05. The van der Waals surface area contributed by atoms with E-state index in [-0.39, 0.29) is 0 Å². The summed E-state index contributed by atoms with van der Waals surface area (Å²) in [7, 11) is 1.12. The third-order valence-electron chi connectivity index (χ3n) is 2.75. The monoisotopic (exact) mass is 227 g/mol. The Morgan fingerprint density at radius 3 is 2.25 bits per heavy atom. The van der Waals surface area contributed by atoms with E-state index in [9.17, 15) is 0 Å². The van der Waals surface area contributed by atoms with Gasteiger partial charge in [-0.15, -0.1) is 0 Å². The van der Waals surface area contributed by atoms with Crippen LogP contribution in [0, 0.1) is 0 Å². The summed E-state index contributed by atoms with van der Waals surface area (Å²) in [6, 6.07) is 19.2. The van der Waals surface area contributed by atoms with Crippen molar-refractivity contribution in [3.05, 3.63) is 65.7 Å². The zero-order valence-electron chi connectivity index (χ0n) is 9.61. The van der Waals surface area contributed by atoms with Gasteiger partial charge in [-0.3, -0.25) is 0 Å². The molecule has 0 radical (unpaired) electrons. The van der Waals surface area contributed by atoms with Crippen molar-refractivity contribution in [3.63, 3.8) is 0 Å². The van der Waals surface area contributed by atoms with Gasteiger partial charge in [-0.05, 0) is 11.1 Å². The highest BCUT2D eigenvalue weighted by molar-refractivity contribution is 6.33. The SMILES string of the molecule is [SiH3]c1ccccc1CNCc1ccccc1. The standard InChI is InChI=1S/C14H17NSi/c16-14-9-5-4-8-13(14)11-15-10-12-6-2-1-3-7-12/h1-9,15H,10-11H2,16H3. The van der Waals surface area contributed by atoms with E-state index in [0.717, 1.165) is 23.3 Å². The van der Waals surface area contributed by atoms with Gasteiger partial charge in [-0.1, -0.05) is 59.8 Å². The maximum atomic E-state index is 3.48. The Kier molecular flexibility index (Phi) is 3.91. The topological polar surface area (TPSA) is 12.0 Å². The molecule has 0 saturated carbocycles. The molecule has 0 fully saturated rings. The number of hydrogen-bond donors (Lipinski definition) is 1. The van der Waals surface area contributed by atoms with Gasteiger partial charge >= 0.3 is 0 Å². The van der Waals surface area contributed by atoms with Gasteiger partial charge in [0.2, 0.25) is 0 Å². The highest BCUT2D eigenvalue weighted by Crippen LogP contribution is 1.99. The lowest BCUT2D eigenvalue weighted by Crippen LogP contribution is -2.19. The smallest absolute Gasteiger partial charge is 0.0389 e. The number of benzene rings is 2. The molecular formula is C14H17NSi. The lowest BCUT2D eigenvalue weighted by Gasteiger charge is -2.07. The van der Waals surface area contributed by atoms with Gasteiger partial charge in [0.25, 0.3) is 0 Å². The van der Waals surface area contributed by atoms with Crippen molar-refractivity contribution in [3.8, 4) is 0 Å². The highest BCUT2D eigenvalue weighted by Gasteiger charge is 1.96. The van der Waals surface area contributed by atoms with Crippen LogP contribution in [0.25, 0.3) is 0 Å². The van der Waals surface area contributed by atoms with Gasteiger partial charge in [0.05, 0.1) is 0 Å². The van der Waals surface area contributed by atoms with E-state index < -0.39 is 0 Å². The van der Waals surface area contributed by atoms with Crippen LogP contribution in [-0.2, 0) is 13.1 Å². The minimum Gasteiger partial charge on any atom is -0.309 e. The first kappa shape index (κ1) is 11.1. The zero-order valence-corrected chi connectivity index (χ0v) is 11.6. The van der Waals surface area contributed by atoms with E-state index in [2.05, 4.69) is 59.9 Å². The van der Waals surface area contributed by atoms with E-state index in [1.807, 2.05) is 0 Å². The molecule has 0 aromatic heterocycles. The van der Waals surface area contributed by atoms with Crippen molar-refractivity contribution >= 4 is 15.4 Å². The quantitative estimate of drug-likeness (QED) is 0.768. The molecule has 0 spiro atoms. The lowest BCUT2D eigenvalue weighted by atomic mass is 10.2. The molecule has 0 amide bonds. The fourth-order valence-electron chi connectivity index (χ4n) is 1.75. The minimum atomic E-state index is 0.941. The van der Waals surface area contributed by atoms with Crippen LogP contribution in [0.15, 0.2) is 54.6 Å². The Labute approximate surface area is 99.9 Å². The first-order valence-corrected chi connectivity index (χ1v) is 6.65. The summed E-state index contributed by atoms with van der Waals surface area (Å²) < 4.78 is 0. The van der Waals surface area contributed by atoms with Gasteiger partial charge in [-0.25, -0.2) is 0 Å². The molecule has 0 unspecified atom stereocenters. The van der Waals surface area contributed by atoms with Crippen molar-refractivity contribution in [2.45, 2.75) is 13.1 Å². The van der Waals surface area contributed by atoms with Crippen LogP contribution in [0.1, 0.15) is 11.1 Å². The van der Waals surface area contributed by atoms with Gasteiger partial charge in [0.15, 0.2) is 0 Å². The summed E-state index contributed by atoms with van der Waals surface area (Å²) in [5.74, 6) is 0. The Balaban J connectivity index is 1.87. The van der Waals surface area contributed by atoms with Gasteiger partial charge < -0.3 is 5.32 Å². The Hall–Kier alpha value is -1.38. The van der Waals surface area contributed by atoms with Crippen molar-refractivity contribution in [1.29, 1.82) is 0 Å². The first-order chi connectivity index (χ1) is 7.86. The molecular weight excluding hydrogens is 210 g/mol. The second-order valence-electron chi connectivity index (χ2n) is 4.02. The Morgan fingerprint density at radius 2 is 1.50 bits per heavy atom. The summed E-state index contributed by atoms with van der Waals surface area (Å²) >= 11 is 0. The molecule has 1 nitrogen and oxygen atoms in total. The normalized spacial score (nSPS) is 10.5. The molecule has 0 aliphatic carbocycles. The molecule has 16 heavy (non-hydrogen) atoms. The minimum absolute atomic E-state index is 0.941. The summed E-state index contributed by atoms with van der Waals surface area (Å²) in [6.07, 6.45) is 0. The van der Waals surface area contributed by atoms with E-state index in [0.29, 0.717) is 0 Å². The van der Waals surface area contributed by atoms with Crippen LogP contribution in [-0.4, -0.2) is 10.2 Å². The van der Waals surface area contributed by atoms with Crippen LogP contribution < -0.4 is 10.5 Å². The van der Waals surface area contributed by atoms with Crippen LogP contribution in [0.5, 0.6) is 0 Å². The molecule has 82 valence electrons. The zero-order chi connectivity index (χ0) is 11.2. The molecule has 0 aliphatic rings. The van der Waals surface area contributed by atoms with Crippen molar-refractivity contribution in [2.75, 3.05) is 0 Å². The Morgan fingerprint density at radius 1 is 0.812 bits per heavy atom. The molecule has 0 atom stereocenters. The van der Waals surface area contributed by atoms with Crippen molar-refractivity contribution in [2.24, 2.45) is 0 Å². The number of hydrogen-bond acceptors (Lipinski definition) is 1. The van der Waals surface area contributed by atoms with Crippen LogP contribution in [0.2, 0.25) is 0 Å². The van der Waals surface area contributed by atoms with Gasteiger partial charge in [0, 0.05) is 23.3 Å². The average Bonchev–Trinajstić information content (AvgIpc) is 2.33. The molecule has 0 bridgehead atoms. The van der Waals surface area contributed by atoms with Crippen LogP contribution in [0.4, 0.5) is 0 Å². The van der Waals surface area contributed by atoms with Gasteiger partial charge in [-0.2, -0.15) is 0 Å². The predicted octanol–water partition coefficient (Wildman–Crippen LogP) is 0.967. The summed E-state index contributed by atoms with van der Waals surface area (Å²) in [6.45, 7) is 1.91. The molecule has 0 heterocycles. The highest BCUT2D eigenvalue weighted by atomic mass is 28.1. The molecule has 0 saturated heterocycles. The van der Waals surface area contributed by atoms with Gasteiger partial charge in [0.1, 0.15) is 0 Å². The molecule has 0 aliphatic heterocycles.